The van der Waals surface area contributed by atoms with E-state index in [9.17, 15) is 14.7 Å². The number of phenolic OH excluding ortho intramolecular Hbond substituents is 1. The van der Waals surface area contributed by atoms with Crippen LogP contribution in [-0.2, 0) is 20.7 Å². The van der Waals surface area contributed by atoms with Crippen molar-refractivity contribution in [1.29, 1.82) is 0 Å². The molecule has 0 saturated carbocycles. The number of phenols is 1. The first-order chi connectivity index (χ1) is 16.2. The molecule has 2 atom stereocenters. The highest BCUT2D eigenvalue weighted by atomic mass is 16.5. The number of ether oxygens (including phenoxy) is 2. The van der Waals surface area contributed by atoms with Crippen molar-refractivity contribution >= 4 is 11.8 Å². The molecule has 0 spiro atoms. The van der Waals surface area contributed by atoms with E-state index in [0.717, 1.165) is 16.8 Å². The maximum atomic E-state index is 13.4. The third-order valence-electron chi connectivity index (χ3n) is 6.49. The number of carbonyl (C=O) groups is 2. The van der Waals surface area contributed by atoms with Gasteiger partial charge in [0.25, 0.3) is 0 Å². The van der Waals surface area contributed by atoms with Gasteiger partial charge in [-0.05, 0) is 35.6 Å². The van der Waals surface area contributed by atoms with Crippen LogP contribution in [0.4, 0.5) is 0 Å². The minimum atomic E-state index is -0.546. The van der Waals surface area contributed by atoms with Crippen LogP contribution in [0.5, 0.6) is 11.5 Å². The summed E-state index contributed by atoms with van der Waals surface area (Å²) in [6, 6.07) is 14.8. The van der Waals surface area contributed by atoms with Gasteiger partial charge in [-0.1, -0.05) is 56.3 Å². The molecule has 0 aromatic heterocycles. The zero-order chi connectivity index (χ0) is 24.5. The van der Waals surface area contributed by atoms with Gasteiger partial charge in [-0.25, -0.2) is 4.79 Å². The van der Waals surface area contributed by atoms with E-state index in [4.69, 9.17) is 9.47 Å². The van der Waals surface area contributed by atoms with E-state index in [2.05, 4.69) is 11.4 Å². The molecule has 178 valence electrons. The second-order valence-corrected chi connectivity index (χ2v) is 9.65. The van der Waals surface area contributed by atoms with E-state index in [0.29, 0.717) is 29.9 Å². The third kappa shape index (κ3) is 4.72. The molecule has 1 aliphatic heterocycles. The Balaban J connectivity index is 1.71. The van der Waals surface area contributed by atoms with Crippen molar-refractivity contribution in [2.24, 2.45) is 11.3 Å². The van der Waals surface area contributed by atoms with Crippen LogP contribution in [0, 0.1) is 11.3 Å². The van der Waals surface area contributed by atoms with Gasteiger partial charge in [0, 0.05) is 30.2 Å². The molecule has 2 unspecified atom stereocenters. The minimum Gasteiger partial charge on any atom is -0.504 e. The van der Waals surface area contributed by atoms with Crippen molar-refractivity contribution in [1.82, 2.24) is 5.32 Å². The van der Waals surface area contributed by atoms with E-state index in [1.807, 2.05) is 51.1 Å². The zero-order valence-electron chi connectivity index (χ0n) is 20.1. The third-order valence-corrected chi connectivity index (χ3v) is 6.49. The van der Waals surface area contributed by atoms with E-state index in [-0.39, 0.29) is 23.6 Å². The lowest BCUT2D eigenvalue weighted by Crippen LogP contribution is -2.43. The Labute approximate surface area is 200 Å². The molecule has 6 heteroatoms. The number of ketones is 1. The summed E-state index contributed by atoms with van der Waals surface area (Å²) < 4.78 is 11.0. The predicted octanol–water partition coefficient (Wildman–Crippen LogP) is 4.65. The quantitative estimate of drug-likeness (QED) is 0.610. The molecule has 2 aliphatic rings. The maximum Gasteiger partial charge on any atom is 0.336 e. The van der Waals surface area contributed by atoms with E-state index in [1.165, 1.54) is 13.2 Å². The molecule has 0 bridgehead atoms. The van der Waals surface area contributed by atoms with Crippen LogP contribution in [0.3, 0.4) is 0 Å². The van der Waals surface area contributed by atoms with Crippen LogP contribution in [-0.4, -0.2) is 30.6 Å². The summed E-state index contributed by atoms with van der Waals surface area (Å²) in [6.45, 7) is 6.13. The van der Waals surface area contributed by atoms with Crippen LogP contribution in [0.15, 0.2) is 71.6 Å². The number of benzene rings is 2. The number of rotatable bonds is 6. The van der Waals surface area contributed by atoms with Gasteiger partial charge in [0.2, 0.25) is 0 Å². The molecule has 0 fully saturated rings. The first-order valence-corrected chi connectivity index (χ1v) is 11.5. The van der Waals surface area contributed by atoms with E-state index in [1.54, 1.807) is 12.1 Å². The summed E-state index contributed by atoms with van der Waals surface area (Å²) in [4.78, 5) is 26.8. The van der Waals surface area contributed by atoms with Crippen molar-refractivity contribution < 1.29 is 24.2 Å². The van der Waals surface area contributed by atoms with Gasteiger partial charge < -0.3 is 19.9 Å². The number of methoxy groups -OCH3 is 1. The fraction of sp³-hybridized carbons (Fsp3) is 0.357. The number of allylic oxidation sites excluding steroid dienone is 3. The molecule has 6 nitrogen and oxygen atoms in total. The predicted molar refractivity (Wildman–Crippen MR) is 129 cm³/mol. The summed E-state index contributed by atoms with van der Waals surface area (Å²) in [5, 5.41) is 13.4. The SMILES string of the molecule is COc1cc(C2C(C(=O)OCCc3ccccc3)=C(C)NC3=CC(C)(C)CC(=O)C32)ccc1O. The van der Waals surface area contributed by atoms with Crippen molar-refractivity contribution in [3.8, 4) is 11.5 Å². The fourth-order valence-corrected chi connectivity index (χ4v) is 4.97. The van der Waals surface area contributed by atoms with Crippen LogP contribution in [0.25, 0.3) is 0 Å². The molecule has 2 N–H and O–H groups in total. The topological polar surface area (TPSA) is 84.9 Å². The number of hydrogen-bond acceptors (Lipinski definition) is 6. The molecule has 0 saturated heterocycles. The van der Waals surface area contributed by atoms with Crippen LogP contribution >= 0.6 is 0 Å². The molecule has 0 radical (unpaired) electrons. The molecule has 0 amide bonds. The van der Waals surface area contributed by atoms with Gasteiger partial charge in [-0.2, -0.15) is 0 Å². The van der Waals surface area contributed by atoms with Crippen LogP contribution in [0.1, 0.15) is 44.2 Å². The number of nitrogens with one attached hydrogen (secondary N) is 1. The molecule has 2 aromatic carbocycles. The summed E-state index contributed by atoms with van der Waals surface area (Å²) in [6.07, 6.45) is 3.07. The standard InChI is InChI=1S/C28H31NO5/c1-17-24(27(32)34-13-12-18-8-6-5-7-9-18)25(19-10-11-21(30)23(14-19)33-4)26-20(29-17)15-28(2,3)16-22(26)31/h5-11,14-15,25-26,29-30H,12-13,16H2,1-4H3. The van der Waals surface area contributed by atoms with E-state index >= 15 is 0 Å². The molecule has 2 aromatic rings. The summed E-state index contributed by atoms with van der Waals surface area (Å²) >= 11 is 0. The first kappa shape index (κ1) is 23.6. The highest BCUT2D eigenvalue weighted by molar-refractivity contribution is 5.96. The summed E-state index contributed by atoms with van der Waals surface area (Å²) in [7, 11) is 1.47. The Morgan fingerprint density at radius 1 is 1.15 bits per heavy atom. The average molecular weight is 462 g/mol. The van der Waals surface area contributed by atoms with Gasteiger partial charge in [0.15, 0.2) is 11.5 Å². The average Bonchev–Trinajstić information content (AvgIpc) is 2.78. The number of aromatic hydroxyl groups is 1. The Morgan fingerprint density at radius 3 is 2.59 bits per heavy atom. The second kappa shape index (κ2) is 9.37. The molecule has 1 heterocycles. The highest BCUT2D eigenvalue weighted by Crippen LogP contribution is 2.48. The van der Waals surface area contributed by atoms with Crippen molar-refractivity contribution in [2.45, 2.75) is 39.5 Å². The summed E-state index contributed by atoms with van der Waals surface area (Å²) in [5.41, 5.74) is 3.41. The van der Waals surface area contributed by atoms with Crippen molar-refractivity contribution in [3.63, 3.8) is 0 Å². The number of Topliss-reactive ketones (excluding diaryl/α,β-unsaturated/α-hetero) is 1. The van der Waals surface area contributed by atoms with Gasteiger partial charge in [0.1, 0.15) is 5.78 Å². The monoisotopic (exact) mass is 461 g/mol. The smallest absolute Gasteiger partial charge is 0.336 e. The zero-order valence-corrected chi connectivity index (χ0v) is 20.1. The van der Waals surface area contributed by atoms with Crippen molar-refractivity contribution in [3.05, 3.63) is 82.7 Å². The molecular weight excluding hydrogens is 430 g/mol. The number of esters is 1. The summed E-state index contributed by atoms with van der Waals surface area (Å²) in [5.74, 6) is -1.18. The van der Waals surface area contributed by atoms with Crippen LogP contribution < -0.4 is 10.1 Å². The lowest BCUT2D eigenvalue weighted by molar-refractivity contribution is -0.139. The number of carbonyl (C=O) groups excluding carboxylic acids is 2. The maximum absolute atomic E-state index is 13.4. The highest BCUT2D eigenvalue weighted by Gasteiger charge is 2.46. The fourth-order valence-electron chi connectivity index (χ4n) is 4.97. The number of hydrogen-bond donors (Lipinski definition) is 2. The van der Waals surface area contributed by atoms with E-state index < -0.39 is 17.8 Å². The lowest BCUT2D eigenvalue weighted by atomic mass is 9.66. The molecule has 1 aliphatic carbocycles. The van der Waals surface area contributed by atoms with Crippen molar-refractivity contribution in [2.75, 3.05) is 13.7 Å². The molecular formula is C28H31NO5. The van der Waals surface area contributed by atoms with Gasteiger partial charge in [-0.3, -0.25) is 4.79 Å². The molecule has 4 rings (SSSR count). The van der Waals surface area contributed by atoms with Gasteiger partial charge in [-0.15, -0.1) is 0 Å². The van der Waals surface area contributed by atoms with Gasteiger partial charge >= 0.3 is 5.97 Å². The Hall–Kier alpha value is -3.54. The Morgan fingerprint density at radius 2 is 1.88 bits per heavy atom. The molecule has 34 heavy (non-hydrogen) atoms. The first-order valence-electron chi connectivity index (χ1n) is 11.5. The lowest BCUT2D eigenvalue weighted by Gasteiger charge is -2.41. The van der Waals surface area contributed by atoms with Crippen LogP contribution in [0.2, 0.25) is 0 Å². The Bertz CT molecular complexity index is 1160. The normalized spacial score (nSPS) is 21.3. The minimum absolute atomic E-state index is 0.000238. The number of fused-ring (bicyclic) bond motifs is 1. The Kier molecular flexibility index (Phi) is 6.51. The van der Waals surface area contributed by atoms with Gasteiger partial charge in [0.05, 0.1) is 25.2 Å². The largest absolute Gasteiger partial charge is 0.504 e. The second-order valence-electron chi connectivity index (χ2n) is 9.65.